The van der Waals surface area contributed by atoms with Crippen LogP contribution in [0.1, 0.15) is 24.0 Å². The summed E-state index contributed by atoms with van der Waals surface area (Å²) < 4.78 is 5.50. The minimum Gasteiger partial charge on any atom is -0.446 e. The van der Waals surface area contributed by atoms with Crippen LogP contribution in [0.2, 0.25) is 0 Å². The Morgan fingerprint density at radius 1 is 1.32 bits per heavy atom. The number of nitrogens with two attached hydrogens (primary N) is 1. The summed E-state index contributed by atoms with van der Waals surface area (Å²) in [7, 11) is 0. The highest BCUT2D eigenvalue weighted by Gasteiger charge is 2.33. The summed E-state index contributed by atoms with van der Waals surface area (Å²) in [6.45, 7) is 2.12. The zero-order valence-corrected chi connectivity index (χ0v) is 11.0. The van der Waals surface area contributed by atoms with E-state index in [0.717, 1.165) is 25.8 Å². The van der Waals surface area contributed by atoms with Crippen LogP contribution in [-0.2, 0) is 17.7 Å². The normalized spacial score (nSPS) is 25.4. The van der Waals surface area contributed by atoms with Gasteiger partial charge in [-0.1, -0.05) is 24.3 Å². The molecule has 19 heavy (non-hydrogen) atoms. The Morgan fingerprint density at radius 2 is 2.05 bits per heavy atom. The van der Waals surface area contributed by atoms with E-state index in [9.17, 15) is 4.79 Å². The van der Waals surface area contributed by atoms with Crippen LogP contribution in [-0.4, -0.2) is 30.2 Å². The first-order valence-electron chi connectivity index (χ1n) is 6.98. The number of rotatable bonds is 2. The summed E-state index contributed by atoms with van der Waals surface area (Å²) in [5, 5.41) is 0. The Hall–Kier alpha value is -1.55. The maximum atomic E-state index is 12.1. The molecular weight excluding hydrogens is 240 g/mol. The molecule has 0 atom stereocenters. The van der Waals surface area contributed by atoms with Gasteiger partial charge in [0.15, 0.2) is 0 Å². The lowest BCUT2D eigenvalue weighted by Gasteiger charge is -2.36. The molecule has 2 aliphatic rings. The predicted octanol–water partition coefficient (Wildman–Crippen LogP) is 1.92. The quantitative estimate of drug-likeness (QED) is 0.884. The second kappa shape index (κ2) is 5.21. The standard InChI is InChI=1S/C15H20N2O2/c16-9-11-7-14(8-11)19-15(18)17-6-5-12-3-1-2-4-13(12)10-17/h1-4,11,14H,5-10,16H2/t11-,14-. The lowest BCUT2D eigenvalue weighted by Crippen LogP contribution is -2.42. The Labute approximate surface area is 113 Å². The molecule has 1 aromatic carbocycles. The maximum absolute atomic E-state index is 12.1. The summed E-state index contributed by atoms with van der Waals surface area (Å²) in [5.74, 6) is 0.542. The topological polar surface area (TPSA) is 55.6 Å². The first-order valence-corrected chi connectivity index (χ1v) is 6.98. The van der Waals surface area contributed by atoms with Gasteiger partial charge in [0, 0.05) is 13.1 Å². The second-order valence-electron chi connectivity index (χ2n) is 5.52. The maximum Gasteiger partial charge on any atom is 0.410 e. The molecule has 3 rings (SSSR count). The van der Waals surface area contributed by atoms with Crippen LogP contribution in [0, 0.1) is 5.92 Å². The smallest absolute Gasteiger partial charge is 0.410 e. The fraction of sp³-hybridized carbons (Fsp3) is 0.533. The first kappa shape index (κ1) is 12.5. The van der Waals surface area contributed by atoms with E-state index in [2.05, 4.69) is 12.1 Å². The molecule has 2 N–H and O–H groups in total. The highest BCUT2D eigenvalue weighted by molar-refractivity contribution is 5.68. The molecule has 0 radical (unpaired) electrons. The molecule has 1 aliphatic carbocycles. The van der Waals surface area contributed by atoms with Crippen molar-refractivity contribution in [2.75, 3.05) is 13.1 Å². The first-order chi connectivity index (χ1) is 9.26. The van der Waals surface area contributed by atoms with Crippen LogP contribution >= 0.6 is 0 Å². The van der Waals surface area contributed by atoms with E-state index < -0.39 is 0 Å². The number of hydrogen-bond donors (Lipinski definition) is 1. The molecule has 1 aliphatic heterocycles. The van der Waals surface area contributed by atoms with Gasteiger partial charge < -0.3 is 15.4 Å². The van der Waals surface area contributed by atoms with E-state index in [-0.39, 0.29) is 12.2 Å². The highest BCUT2D eigenvalue weighted by atomic mass is 16.6. The van der Waals surface area contributed by atoms with Gasteiger partial charge in [0.05, 0.1) is 0 Å². The van der Waals surface area contributed by atoms with Crippen LogP contribution in [0.15, 0.2) is 24.3 Å². The van der Waals surface area contributed by atoms with E-state index in [0.29, 0.717) is 19.0 Å². The molecule has 0 saturated heterocycles. The number of amides is 1. The van der Waals surface area contributed by atoms with Crippen LogP contribution < -0.4 is 5.73 Å². The number of hydrogen-bond acceptors (Lipinski definition) is 3. The summed E-state index contributed by atoms with van der Waals surface area (Å²) in [6.07, 6.45) is 2.67. The molecule has 1 aromatic rings. The molecule has 0 aromatic heterocycles. The molecule has 1 heterocycles. The monoisotopic (exact) mass is 260 g/mol. The van der Waals surface area contributed by atoms with E-state index in [1.54, 1.807) is 4.90 Å². The third kappa shape index (κ3) is 2.59. The van der Waals surface area contributed by atoms with Crippen molar-refractivity contribution in [3.05, 3.63) is 35.4 Å². The van der Waals surface area contributed by atoms with Crippen LogP contribution in [0.25, 0.3) is 0 Å². The van der Waals surface area contributed by atoms with Gasteiger partial charge >= 0.3 is 6.09 Å². The van der Waals surface area contributed by atoms with Gasteiger partial charge in [0.2, 0.25) is 0 Å². The fourth-order valence-electron chi connectivity index (χ4n) is 2.83. The van der Waals surface area contributed by atoms with Crippen molar-refractivity contribution in [3.8, 4) is 0 Å². The van der Waals surface area contributed by atoms with Crippen molar-refractivity contribution in [1.82, 2.24) is 4.90 Å². The van der Waals surface area contributed by atoms with Gasteiger partial charge in [0.25, 0.3) is 0 Å². The van der Waals surface area contributed by atoms with Crippen molar-refractivity contribution < 1.29 is 9.53 Å². The number of ether oxygens (including phenoxy) is 1. The van der Waals surface area contributed by atoms with Gasteiger partial charge in [-0.15, -0.1) is 0 Å². The summed E-state index contributed by atoms with van der Waals surface area (Å²) >= 11 is 0. The summed E-state index contributed by atoms with van der Waals surface area (Å²) in [5.41, 5.74) is 8.15. The van der Waals surface area contributed by atoms with Crippen LogP contribution in [0.3, 0.4) is 0 Å². The van der Waals surface area contributed by atoms with Crippen molar-refractivity contribution >= 4 is 6.09 Å². The molecule has 1 saturated carbocycles. The lowest BCUT2D eigenvalue weighted by atomic mass is 9.82. The molecule has 0 spiro atoms. The van der Waals surface area contributed by atoms with Crippen molar-refractivity contribution in [3.63, 3.8) is 0 Å². The molecule has 4 heteroatoms. The van der Waals surface area contributed by atoms with Crippen LogP contribution in [0.5, 0.6) is 0 Å². The number of carbonyl (C=O) groups excluding carboxylic acids is 1. The zero-order chi connectivity index (χ0) is 13.2. The average molecular weight is 260 g/mol. The predicted molar refractivity (Wildman–Crippen MR) is 72.6 cm³/mol. The molecule has 102 valence electrons. The third-order valence-electron chi connectivity index (χ3n) is 4.18. The van der Waals surface area contributed by atoms with Crippen LogP contribution in [0.4, 0.5) is 4.79 Å². The van der Waals surface area contributed by atoms with Gasteiger partial charge in [-0.2, -0.15) is 0 Å². The second-order valence-corrected chi connectivity index (χ2v) is 5.52. The van der Waals surface area contributed by atoms with Crippen molar-refractivity contribution in [2.24, 2.45) is 11.7 Å². The number of fused-ring (bicyclic) bond motifs is 1. The highest BCUT2D eigenvalue weighted by Crippen LogP contribution is 2.30. The largest absolute Gasteiger partial charge is 0.446 e. The zero-order valence-electron chi connectivity index (χ0n) is 11.0. The van der Waals surface area contributed by atoms with Gasteiger partial charge in [-0.05, 0) is 42.9 Å². The van der Waals surface area contributed by atoms with Crippen molar-refractivity contribution in [2.45, 2.75) is 31.9 Å². The Bertz CT molecular complexity index is 469. The number of nitrogens with zero attached hydrogens (tertiary/aromatic N) is 1. The average Bonchev–Trinajstić information content (AvgIpc) is 2.41. The molecule has 1 amide bonds. The fourth-order valence-corrected chi connectivity index (χ4v) is 2.83. The number of carbonyl (C=O) groups is 1. The summed E-state index contributed by atoms with van der Waals surface area (Å²) in [4.78, 5) is 13.9. The van der Waals surface area contributed by atoms with E-state index in [1.165, 1.54) is 11.1 Å². The summed E-state index contributed by atoms with van der Waals surface area (Å²) in [6, 6.07) is 8.29. The molecule has 0 bridgehead atoms. The van der Waals surface area contributed by atoms with E-state index in [4.69, 9.17) is 10.5 Å². The SMILES string of the molecule is NC[C@H]1C[C@H](OC(=O)N2CCc3ccccc3C2)C1. The number of benzene rings is 1. The van der Waals surface area contributed by atoms with E-state index >= 15 is 0 Å². The third-order valence-corrected chi connectivity index (χ3v) is 4.18. The molecule has 4 nitrogen and oxygen atoms in total. The molecule has 1 fully saturated rings. The van der Waals surface area contributed by atoms with Gasteiger partial charge in [0.1, 0.15) is 6.10 Å². The Kier molecular flexibility index (Phi) is 3.42. The van der Waals surface area contributed by atoms with Crippen molar-refractivity contribution in [1.29, 1.82) is 0 Å². The molecular formula is C15H20N2O2. The minimum atomic E-state index is -0.171. The van der Waals surface area contributed by atoms with Gasteiger partial charge in [-0.25, -0.2) is 4.79 Å². The molecule has 0 unspecified atom stereocenters. The Balaban J connectivity index is 1.55. The Morgan fingerprint density at radius 3 is 2.79 bits per heavy atom. The van der Waals surface area contributed by atoms with E-state index in [1.807, 2.05) is 12.1 Å². The lowest BCUT2D eigenvalue weighted by molar-refractivity contribution is -0.00107. The minimum absolute atomic E-state index is 0.0817. The van der Waals surface area contributed by atoms with Gasteiger partial charge in [-0.3, -0.25) is 0 Å².